The Hall–Kier alpha value is -0.887. The van der Waals surface area contributed by atoms with Crippen LogP contribution in [0.1, 0.15) is 108 Å². The Morgan fingerprint density at radius 1 is 0.667 bits per heavy atom. The van der Waals surface area contributed by atoms with Crippen LogP contribution < -0.4 is 9.80 Å². The number of nitrogens with zero attached hydrogens (tertiary/aromatic N) is 2. The molecule has 0 amide bonds. The molecule has 1 heterocycles. The summed E-state index contributed by atoms with van der Waals surface area (Å²) in [6.07, 6.45) is 0. The summed E-state index contributed by atoms with van der Waals surface area (Å²) in [5.74, 6) is 2.06. The van der Waals surface area contributed by atoms with Gasteiger partial charge in [-0.05, 0) is 45.9 Å². The average molecular weight is 622 g/mol. The van der Waals surface area contributed by atoms with Crippen molar-refractivity contribution in [1.29, 1.82) is 0 Å². The van der Waals surface area contributed by atoms with Gasteiger partial charge in [0.2, 0.25) is 0 Å². The van der Waals surface area contributed by atoms with Gasteiger partial charge < -0.3 is 24.7 Å². The van der Waals surface area contributed by atoms with Crippen molar-refractivity contribution < 1.29 is 13.5 Å². The molecule has 2 aromatic carbocycles. The minimum Gasteiger partial charge on any atom is -0.358 e. The third kappa shape index (κ3) is 8.85. The number of halogens is 2. The molecule has 2 nitrogen and oxygen atoms in total. The first kappa shape index (κ1) is 35.1. The summed E-state index contributed by atoms with van der Waals surface area (Å²) in [5.41, 5.74) is 8.67. The van der Waals surface area contributed by atoms with Crippen LogP contribution in [0.15, 0.2) is 36.4 Å². The molecule has 0 spiro atoms. The molecular formula is C31H49Cl2N2Ru-3. The van der Waals surface area contributed by atoms with Crippen LogP contribution in [0.4, 0.5) is 11.4 Å². The Morgan fingerprint density at radius 3 is 1.11 bits per heavy atom. The molecule has 36 heavy (non-hydrogen) atoms. The largest absolute Gasteiger partial charge is 0.358 e. The van der Waals surface area contributed by atoms with Crippen molar-refractivity contribution in [1.82, 2.24) is 0 Å². The first-order valence-electron chi connectivity index (χ1n) is 12.4. The van der Waals surface area contributed by atoms with E-state index >= 15 is 0 Å². The third-order valence-electron chi connectivity index (χ3n) is 6.27. The Bertz CT molecular complexity index is 841. The topological polar surface area (TPSA) is 6.48 Å². The Balaban J connectivity index is 0.00000160. The van der Waals surface area contributed by atoms with Crippen LogP contribution in [0.5, 0.6) is 0 Å². The summed E-state index contributed by atoms with van der Waals surface area (Å²) in [4.78, 5) is 5.01. The van der Waals surface area contributed by atoms with E-state index in [-0.39, 0.29) is 14.9 Å². The molecule has 2 aromatic rings. The second-order valence-electron chi connectivity index (χ2n) is 10.1. The quantitative estimate of drug-likeness (QED) is 0.234. The Morgan fingerprint density at radius 2 is 0.917 bits per heavy atom. The van der Waals surface area contributed by atoms with E-state index in [4.69, 9.17) is 19.4 Å². The molecule has 1 aliphatic rings. The Kier molecular flexibility index (Phi) is 15.8. The van der Waals surface area contributed by atoms with Crippen LogP contribution in [0.2, 0.25) is 0 Å². The standard InChI is InChI=1S/C27H39N2.C2H4.2CH3.2ClH.Ru/c1-18(2)22-11-9-12-23(19(3)4)26(22)28-15-16-29(17-28)27-24(20(5)6)13-10-14-25(27)21(7)8;1-2;;;;;/h9-14,17-21H,15-16H2,1-8H3;1H,2H3;2*1H3;2*1H;/q-1;;2*-1;;;+2/p-2. The maximum Gasteiger partial charge on any atom is -0.358 e. The van der Waals surface area contributed by atoms with E-state index in [1.54, 1.807) is 0 Å². The van der Waals surface area contributed by atoms with Gasteiger partial charge in [0.25, 0.3) is 0 Å². The fraction of sp³-hybridized carbons (Fsp3) is 0.484. The molecule has 1 saturated heterocycles. The van der Waals surface area contributed by atoms with Crippen molar-refractivity contribution in [2.24, 2.45) is 0 Å². The van der Waals surface area contributed by atoms with Gasteiger partial charge in [-0.15, -0.1) is 0 Å². The Labute approximate surface area is 236 Å². The van der Waals surface area contributed by atoms with Gasteiger partial charge in [0, 0.05) is 24.5 Å². The van der Waals surface area contributed by atoms with Gasteiger partial charge in [-0.25, -0.2) is 0 Å². The summed E-state index contributed by atoms with van der Waals surface area (Å²) < 4.78 is 1.84. The van der Waals surface area contributed by atoms with E-state index in [2.05, 4.69) is 108 Å². The first-order valence-corrected chi connectivity index (χ1v) is 17.9. The van der Waals surface area contributed by atoms with Gasteiger partial charge in [-0.1, -0.05) is 91.8 Å². The molecule has 5 heteroatoms. The van der Waals surface area contributed by atoms with E-state index in [9.17, 15) is 0 Å². The third-order valence-corrected chi connectivity index (χ3v) is 8.86. The maximum atomic E-state index is 5.32. The molecule has 0 aromatic heterocycles. The van der Waals surface area contributed by atoms with Crippen LogP contribution in [0.25, 0.3) is 0 Å². The van der Waals surface area contributed by atoms with Crippen molar-refractivity contribution in [3.8, 4) is 0 Å². The van der Waals surface area contributed by atoms with Gasteiger partial charge >= 0.3 is 44.4 Å². The number of para-hydroxylation sites is 2. The van der Waals surface area contributed by atoms with E-state index in [0.717, 1.165) is 13.1 Å². The fourth-order valence-corrected chi connectivity index (χ4v) is 4.53. The average Bonchev–Trinajstić information content (AvgIpc) is 3.27. The second-order valence-corrected chi connectivity index (χ2v) is 16.3. The normalized spacial score (nSPS) is 13.5. The van der Waals surface area contributed by atoms with Crippen molar-refractivity contribution >= 4 is 35.4 Å². The number of anilines is 2. The van der Waals surface area contributed by atoms with Crippen molar-refractivity contribution in [2.45, 2.75) is 86.0 Å². The number of hydrogen-bond acceptors (Lipinski definition) is 2. The van der Waals surface area contributed by atoms with Gasteiger partial charge in [0.15, 0.2) is 0 Å². The minimum absolute atomic E-state index is 0. The molecule has 208 valence electrons. The zero-order chi connectivity index (χ0) is 25.6. The monoisotopic (exact) mass is 621 g/mol. The van der Waals surface area contributed by atoms with Crippen molar-refractivity contribution in [3.63, 3.8) is 0 Å². The van der Waals surface area contributed by atoms with E-state index < -0.39 is 13.5 Å². The molecule has 0 saturated carbocycles. The van der Waals surface area contributed by atoms with E-state index in [1.165, 1.54) is 33.6 Å². The number of benzene rings is 2. The molecule has 0 radical (unpaired) electrons. The molecule has 0 bridgehead atoms. The molecule has 0 N–H and O–H groups in total. The summed E-state index contributed by atoms with van der Waals surface area (Å²) in [5, 5.41) is 0. The molecule has 1 fully saturated rings. The van der Waals surface area contributed by atoms with Gasteiger partial charge in [0.05, 0.1) is 0 Å². The maximum absolute atomic E-state index is 5.32. The first-order chi connectivity index (χ1) is 16.0. The molecule has 1 aliphatic heterocycles. The predicted octanol–water partition coefficient (Wildman–Crippen LogP) is 10.3. The molecule has 0 unspecified atom stereocenters. The number of rotatable bonds is 6. The van der Waals surface area contributed by atoms with Crippen LogP contribution in [0.3, 0.4) is 0 Å². The van der Waals surface area contributed by atoms with Gasteiger partial charge in [-0.2, -0.15) is 6.67 Å². The smallest absolute Gasteiger partial charge is 0.358 e. The van der Waals surface area contributed by atoms with Crippen molar-refractivity contribution in [2.75, 3.05) is 22.9 Å². The zero-order valence-corrected chi connectivity index (χ0v) is 27.6. The van der Waals surface area contributed by atoms with Crippen molar-refractivity contribution in [3.05, 3.63) is 80.2 Å². The summed E-state index contributed by atoms with van der Waals surface area (Å²) in [6, 6.07) is 13.7. The summed E-state index contributed by atoms with van der Waals surface area (Å²) in [6.45, 7) is 24.8. The summed E-state index contributed by atoms with van der Waals surface area (Å²) >= 11 is -1.36. The van der Waals surface area contributed by atoms with Crippen LogP contribution in [-0.4, -0.2) is 17.7 Å². The fourth-order valence-electron chi connectivity index (χ4n) is 4.53. The van der Waals surface area contributed by atoms with E-state index in [1.807, 2.05) is 11.5 Å². The van der Waals surface area contributed by atoms with E-state index in [0.29, 0.717) is 23.7 Å². The van der Waals surface area contributed by atoms with Crippen LogP contribution in [0, 0.1) is 21.5 Å². The minimum atomic E-state index is -1.36. The second kappa shape index (κ2) is 16.2. The molecule has 3 rings (SSSR count). The van der Waals surface area contributed by atoms with Crippen LogP contribution >= 0.6 is 19.4 Å². The SMILES string of the molecule is CC(C)c1cccc(C(C)C)c1N1[CH-]N(c2c(C(C)C)cccc2C(C)C)CC1.C[CH]=[Ru]([Cl])[Cl].[CH3-].[CH3-]. The predicted molar refractivity (Wildman–Crippen MR) is 165 cm³/mol. The molecule has 0 atom stereocenters. The molecular weight excluding hydrogens is 572 g/mol. The summed E-state index contributed by atoms with van der Waals surface area (Å²) in [7, 11) is 10.6. The van der Waals surface area contributed by atoms with Gasteiger partial charge in [0.1, 0.15) is 0 Å². The van der Waals surface area contributed by atoms with Crippen LogP contribution in [-0.2, 0) is 13.5 Å². The number of hydrogen-bond donors (Lipinski definition) is 0. The molecule has 0 aliphatic carbocycles. The van der Waals surface area contributed by atoms with Gasteiger partial charge in [-0.3, -0.25) is 0 Å². The zero-order valence-electron chi connectivity index (χ0n) is 24.3.